The molecule has 1 aliphatic heterocycles. The van der Waals surface area contributed by atoms with Crippen LogP contribution < -0.4 is 4.74 Å². The number of halogens is 2. The van der Waals surface area contributed by atoms with Gasteiger partial charge in [0.05, 0.1) is 10.9 Å². The smallest absolute Gasteiger partial charge is 0.308 e. The third-order valence-electron chi connectivity index (χ3n) is 3.63. The summed E-state index contributed by atoms with van der Waals surface area (Å²) in [6, 6.07) is 4.77. The standard InChI is InChI=1S/C15H17Cl2NO4/c1-9(22-13-5-4-11(16)7-12(13)17)14(19)18-6-2-3-10(8-18)15(20)21/h4-5,7,9-10H,2-3,6,8H2,1H3,(H,20,21)/t9-,10-/m0/s1. The fourth-order valence-corrected chi connectivity index (χ4v) is 2.90. The molecule has 1 fully saturated rings. The van der Waals surface area contributed by atoms with E-state index in [1.165, 1.54) is 11.0 Å². The van der Waals surface area contributed by atoms with E-state index in [9.17, 15) is 9.59 Å². The number of hydrogen-bond acceptors (Lipinski definition) is 3. The molecule has 1 N–H and O–H groups in total. The van der Waals surface area contributed by atoms with Crippen LogP contribution in [0.2, 0.25) is 10.0 Å². The molecule has 0 aliphatic carbocycles. The number of benzene rings is 1. The summed E-state index contributed by atoms with van der Waals surface area (Å²) in [6.07, 6.45) is 0.528. The van der Waals surface area contributed by atoms with Crippen molar-refractivity contribution in [3.63, 3.8) is 0 Å². The molecule has 7 heteroatoms. The first-order valence-electron chi connectivity index (χ1n) is 7.01. The van der Waals surface area contributed by atoms with Gasteiger partial charge >= 0.3 is 5.97 Å². The third kappa shape index (κ3) is 4.05. The third-order valence-corrected chi connectivity index (χ3v) is 4.16. The van der Waals surface area contributed by atoms with Crippen LogP contribution >= 0.6 is 23.2 Å². The Morgan fingerprint density at radius 1 is 1.41 bits per heavy atom. The number of amides is 1. The topological polar surface area (TPSA) is 66.8 Å². The average Bonchev–Trinajstić information content (AvgIpc) is 2.49. The molecule has 1 amide bonds. The molecule has 0 aromatic heterocycles. The molecule has 0 unspecified atom stereocenters. The summed E-state index contributed by atoms with van der Waals surface area (Å²) in [5.74, 6) is -1.24. The lowest BCUT2D eigenvalue weighted by Crippen LogP contribution is -2.47. The van der Waals surface area contributed by atoms with E-state index in [4.69, 9.17) is 33.0 Å². The van der Waals surface area contributed by atoms with Crippen molar-refractivity contribution in [3.8, 4) is 5.75 Å². The summed E-state index contributed by atoms with van der Waals surface area (Å²) in [7, 11) is 0. The SMILES string of the molecule is C[C@H](Oc1ccc(Cl)cc1Cl)C(=O)N1CCC[C@H](C(=O)O)C1. The largest absolute Gasteiger partial charge is 0.481 e. The van der Waals surface area contributed by atoms with Crippen molar-refractivity contribution in [1.82, 2.24) is 4.90 Å². The van der Waals surface area contributed by atoms with Gasteiger partial charge in [0.1, 0.15) is 5.75 Å². The van der Waals surface area contributed by atoms with E-state index < -0.39 is 18.0 Å². The molecule has 2 rings (SSSR count). The number of rotatable bonds is 4. The van der Waals surface area contributed by atoms with Gasteiger partial charge in [0, 0.05) is 18.1 Å². The normalized spacial score (nSPS) is 19.6. The van der Waals surface area contributed by atoms with Crippen LogP contribution in [0, 0.1) is 5.92 Å². The fourth-order valence-electron chi connectivity index (χ4n) is 2.45. The number of carboxylic acids is 1. The Morgan fingerprint density at radius 2 is 2.14 bits per heavy atom. The van der Waals surface area contributed by atoms with E-state index >= 15 is 0 Å². The van der Waals surface area contributed by atoms with E-state index in [0.29, 0.717) is 35.2 Å². The number of ether oxygens (including phenoxy) is 1. The highest BCUT2D eigenvalue weighted by Crippen LogP contribution is 2.28. The summed E-state index contributed by atoms with van der Waals surface area (Å²) in [5, 5.41) is 9.89. The average molecular weight is 346 g/mol. The van der Waals surface area contributed by atoms with Crippen molar-refractivity contribution in [3.05, 3.63) is 28.2 Å². The fraction of sp³-hybridized carbons (Fsp3) is 0.467. The van der Waals surface area contributed by atoms with Crippen LogP contribution in [0.1, 0.15) is 19.8 Å². The lowest BCUT2D eigenvalue weighted by molar-refractivity contribution is -0.147. The van der Waals surface area contributed by atoms with Gasteiger partial charge in [-0.05, 0) is 38.0 Å². The number of carboxylic acid groups (broad SMARTS) is 1. The Balaban J connectivity index is 2.01. The Hall–Kier alpha value is -1.46. The molecular weight excluding hydrogens is 329 g/mol. The Labute approximate surface area is 138 Å². The van der Waals surface area contributed by atoms with Gasteiger partial charge in [-0.25, -0.2) is 0 Å². The second kappa shape index (κ2) is 7.20. The summed E-state index contributed by atoms with van der Waals surface area (Å²) in [5.41, 5.74) is 0. The van der Waals surface area contributed by atoms with Crippen LogP contribution in [0.4, 0.5) is 0 Å². The molecule has 0 radical (unpaired) electrons. The van der Waals surface area contributed by atoms with Crippen LogP contribution in [0.25, 0.3) is 0 Å². The number of carbonyl (C=O) groups excluding carboxylic acids is 1. The monoisotopic (exact) mass is 345 g/mol. The van der Waals surface area contributed by atoms with Crippen molar-refractivity contribution < 1.29 is 19.4 Å². The lowest BCUT2D eigenvalue weighted by Gasteiger charge is -2.32. The van der Waals surface area contributed by atoms with Gasteiger partial charge in [0.15, 0.2) is 6.10 Å². The summed E-state index contributed by atoms with van der Waals surface area (Å²) in [4.78, 5) is 25.0. The molecule has 0 bridgehead atoms. The second-order valence-electron chi connectivity index (χ2n) is 5.30. The number of carbonyl (C=O) groups is 2. The molecule has 1 heterocycles. The Bertz CT molecular complexity index is 579. The van der Waals surface area contributed by atoms with Crippen LogP contribution in [0.5, 0.6) is 5.75 Å². The van der Waals surface area contributed by atoms with E-state index in [-0.39, 0.29) is 12.5 Å². The zero-order chi connectivity index (χ0) is 16.3. The molecule has 120 valence electrons. The number of hydrogen-bond donors (Lipinski definition) is 1. The molecular formula is C15H17Cl2NO4. The van der Waals surface area contributed by atoms with Crippen molar-refractivity contribution in [2.75, 3.05) is 13.1 Å². The van der Waals surface area contributed by atoms with Gasteiger partial charge in [0.2, 0.25) is 0 Å². The van der Waals surface area contributed by atoms with Crippen LogP contribution in [0.15, 0.2) is 18.2 Å². The van der Waals surface area contributed by atoms with Crippen molar-refractivity contribution in [2.24, 2.45) is 5.92 Å². The highest BCUT2D eigenvalue weighted by molar-refractivity contribution is 6.35. The van der Waals surface area contributed by atoms with E-state index in [1.54, 1.807) is 19.1 Å². The van der Waals surface area contributed by atoms with Gasteiger partial charge in [-0.1, -0.05) is 23.2 Å². The van der Waals surface area contributed by atoms with Gasteiger partial charge in [-0.15, -0.1) is 0 Å². The summed E-state index contributed by atoms with van der Waals surface area (Å²) in [6.45, 7) is 2.39. The van der Waals surface area contributed by atoms with Crippen molar-refractivity contribution >= 4 is 35.1 Å². The first-order valence-corrected chi connectivity index (χ1v) is 7.77. The minimum Gasteiger partial charge on any atom is -0.481 e. The molecule has 22 heavy (non-hydrogen) atoms. The number of likely N-dealkylation sites (tertiary alicyclic amines) is 1. The van der Waals surface area contributed by atoms with Crippen LogP contribution in [0.3, 0.4) is 0 Å². The van der Waals surface area contributed by atoms with Crippen molar-refractivity contribution in [1.29, 1.82) is 0 Å². The molecule has 0 saturated carbocycles. The molecule has 1 saturated heterocycles. The maximum absolute atomic E-state index is 12.4. The maximum Gasteiger partial charge on any atom is 0.308 e. The molecule has 1 aliphatic rings. The van der Waals surface area contributed by atoms with E-state index in [2.05, 4.69) is 0 Å². The van der Waals surface area contributed by atoms with Crippen LogP contribution in [-0.2, 0) is 9.59 Å². The Kier molecular flexibility index (Phi) is 5.53. The van der Waals surface area contributed by atoms with Gasteiger partial charge < -0.3 is 14.7 Å². The highest BCUT2D eigenvalue weighted by Gasteiger charge is 2.31. The van der Waals surface area contributed by atoms with Gasteiger partial charge in [-0.2, -0.15) is 0 Å². The number of aliphatic carboxylic acids is 1. The number of piperidine rings is 1. The van der Waals surface area contributed by atoms with Crippen molar-refractivity contribution in [2.45, 2.75) is 25.9 Å². The van der Waals surface area contributed by atoms with E-state index in [0.717, 1.165) is 0 Å². The molecule has 2 atom stereocenters. The second-order valence-corrected chi connectivity index (χ2v) is 6.14. The quantitative estimate of drug-likeness (QED) is 0.910. The molecule has 1 aromatic rings. The van der Waals surface area contributed by atoms with E-state index in [1.807, 2.05) is 0 Å². The zero-order valence-electron chi connectivity index (χ0n) is 12.1. The van der Waals surface area contributed by atoms with Gasteiger partial charge in [0.25, 0.3) is 5.91 Å². The summed E-state index contributed by atoms with van der Waals surface area (Å²) >= 11 is 11.8. The van der Waals surface area contributed by atoms with Gasteiger partial charge in [-0.3, -0.25) is 9.59 Å². The molecule has 1 aromatic carbocycles. The first-order chi connectivity index (χ1) is 10.4. The minimum absolute atomic E-state index is 0.218. The van der Waals surface area contributed by atoms with Crippen LogP contribution in [-0.4, -0.2) is 41.1 Å². The molecule has 5 nitrogen and oxygen atoms in total. The number of nitrogens with zero attached hydrogens (tertiary/aromatic N) is 1. The maximum atomic E-state index is 12.4. The predicted molar refractivity (Wildman–Crippen MR) is 83.5 cm³/mol. The first kappa shape index (κ1) is 16.9. The minimum atomic E-state index is -0.869. The lowest BCUT2D eigenvalue weighted by atomic mass is 9.98. The highest BCUT2D eigenvalue weighted by atomic mass is 35.5. The summed E-state index contributed by atoms with van der Waals surface area (Å²) < 4.78 is 5.58. The molecule has 0 spiro atoms. The Morgan fingerprint density at radius 3 is 2.77 bits per heavy atom. The predicted octanol–water partition coefficient (Wildman–Crippen LogP) is 3.08. The zero-order valence-corrected chi connectivity index (χ0v) is 13.6.